The molecule has 2 saturated heterocycles. The first-order valence-electron chi connectivity index (χ1n) is 11.4. The highest BCUT2D eigenvalue weighted by molar-refractivity contribution is 5.80. The molecule has 0 aromatic heterocycles. The Labute approximate surface area is 186 Å². The number of rotatable bonds is 4. The third kappa shape index (κ3) is 6.86. The standard InChI is InChI=1S/C24H38N4O3/c1-17-8-10-18(11-9-17)21-19(7-6-14-30-21)15-26-22(25-5)28-13-12-20(16-28)27-23(29)31-24(2,3)4/h8-11,19-21H,6-7,12-16H2,1-5H3,(H,25,26)(H,27,29). The van der Waals surface area contributed by atoms with Crippen LogP contribution in [0.3, 0.4) is 0 Å². The number of alkyl carbamates (subject to hydrolysis) is 1. The number of nitrogens with one attached hydrogen (secondary N) is 2. The van der Waals surface area contributed by atoms with Crippen LogP contribution < -0.4 is 10.6 Å². The molecule has 7 heteroatoms. The Morgan fingerprint density at radius 3 is 2.68 bits per heavy atom. The first-order chi connectivity index (χ1) is 14.7. The van der Waals surface area contributed by atoms with Crippen molar-refractivity contribution in [2.75, 3.05) is 33.3 Å². The Morgan fingerprint density at radius 2 is 2.00 bits per heavy atom. The SMILES string of the molecule is CN=C(NCC1CCCOC1c1ccc(C)cc1)N1CCC(NC(=O)OC(C)(C)C)C1. The number of amides is 1. The average molecular weight is 431 g/mol. The molecule has 0 bridgehead atoms. The summed E-state index contributed by atoms with van der Waals surface area (Å²) in [4.78, 5) is 18.8. The Bertz CT molecular complexity index is 757. The van der Waals surface area contributed by atoms with E-state index < -0.39 is 5.60 Å². The molecular formula is C24H38N4O3. The van der Waals surface area contributed by atoms with Gasteiger partial charge in [0.15, 0.2) is 5.96 Å². The first-order valence-corrected chi connectivity index (χ1v) is 11.4. The van der Waals surface area contributed by atoms with E-state index in [9.17, 15) is 4.79 Å². The molecule has 31 heavy (non-hydrogen) atoms. The summed E-state index contributed by atoms with van der Waals surface area (Å²) in [6.45, 7) is 10.9. The van der Waals surface area contributed by atoms with Crippen molar-refractivity contribution in [3.63, 3.8) is 0 Å². The Balaban J connectivity index is 1.52. The molecule has 1 aromatic carbocycles. The first kappa shape index (κ1) is 23.4. The molecule has 2 fully saturated rings. The largest absolute Gasteiger partial charge is 0.444 e. The molecule has 1 amide bonds. The van der Waals surface area contributed by atoms with Crippen LogP contribution in [0.2, 0.25) is 0 Å². The molecule has 0 radical (unpaired) electrons. The van der Waals surface area contributed by atoms with Crippen LogP contribution in [0.25, 0.3) is 0 Å². The van der Waals surface area contributed by atoms with Crippen LogP contribution in [0.4, 0.5) is 4.79 Å². The number of benzene rings is 1. The molecule has 0 aliphatic carbocycles. The van der Waals surface area contributed by atoms with Gasteiger partial charge in [0.1, 0.15) is 5.60 Å². The lowest BCUT2D eigenvalue weighted by Crippen LogP contribution is -2.46. The van der Waals surface area contributed by atoms with Crippen molar-refractivity contribution in [2.24, 2.45) is 10.9 Å². The Morgan fingerprint density at radius 1 is 1.26 bits per heavy atom. The highest BCUT2D eigenvalue weighted by atomic mass is 16.6. The molecule has 3 unspecified atom stereocenters. The van der Waals surface area contributed by atoms with E-state index in [-0.39, 0.29) is 18.2 Å². The smallest absolute Gasteiger partial charge is 0.407 e. The number of aryl methyl sites for hydroxylation is 1. The van der Waals surface area contributed by atoms with Gasteiger partial charge >= 0.3 is 6.09 Å². The maximum absolute atomic E-state index is 12.1. The predicted molar refractivity (Wildman–Crippen MR) is 123 cm³/mol. The zero-order valence-corrected chi connectivity index (χ0v) is 19.6. The zero-order valence-electron chi connectivity index (χ0n) is 19.6. The molecule has 0 spiro atoms. The zero-order chi connectivity index (χ0) is 22.4. The van der Waals surface area contributed by atoms with Crippen molar-refractivity contribution < 1.29 is 14.3 Å². The molecule has 2 aliphatic heterocycles. The lowest BCUT2D eigenvalue weighted by Gasteiger charge is -2.33. The quantitative estimate of drug-likeness (QED) is 0.564. The van der Waals surface area contributed by atoms with Crippen LogP contribution >= 0.6 is 0 Å². The van der Waals surface area contributed by atoms with E-state index in [1.807, 2.05) is 27.8 Å². The number of nitrogens with zero attached hydrogens (tertiary/aromatic N) is 2. The van der Waals surface area contributed by atoms with Crippen molar-refractivity contribution in [3.8, 4) is 0 Å². The van der Waals surface area contributed by atoms with Crippen LogP contribution in [0.15, 0.2) is 29.3 Å². The minimum absolute atomic E-state index is 0.0618. The van der Waals surface area contributed by atoms with Gasteiger partial charge in [0, 0.05) is 39.2 Å². The van der Waals surface area contributed by atoms with Crippen LogP contribution in [0.1, 0.15) is 57.3 Å². The van der Waals surface area contributed by atoms with Gasteiger partial charge in [-0.25, -0.2) is 4.79 Å². The highest BCUT2D eigenvalue weighted by Crippen LogP contribution is 2.33. The number of guanidine groups is 1. The number of ether oxygens (including phenoxy) is 2. The normalized spacial score (nSPS) is 24.7. The molecular weight excluding hydrogens is 392 g/mol. The number of hydrogen-bond donors (Lipinski definition) is 2. The lowest BCUT2D eigenvalue weighted by atomic mass is 9.89. The third-order valence-electron chi connectivity index (χ3n) is 5.79. The van der Waals surface area contributed by atoms with Gasteiger partial charge < -0.3 is 25.0 Å². The van der Waals surface area contributed by atoms with Crippen LogP contribution in [-0.4, -0.2) is 61.9 Å². The summed E-state index contributed by atoms with van der Waals surface area (Å²) >= 11 is 0. The minimum atomic E-state index is -0.490. The fourth-order valence-electron chi connectivity index (χ4n) is 4.28. The summed E-state index contributed by atoms with van der Waals surface area (Å²) in [5, 5.41) is 6.53. The topological polar surface area (TPSA) is 75.2 Å². The van der Waals surface area contributed by atoms with Gasteiger partial charge in [-0.05, 0) is 52.5 Å². The second-order valence-electron chi connectivity index (χ2n) is 9.61. The summed E-state index contributed by atoms with van der Waals surface area (Å²) in [6, 6.07) is 8.73. The molecule has 3 rings (SSSR count). The third-order valence-corrected chi connectivity index (χ3v) is 5.79. The minimum Gasteiger partial charge on any atom is -0.444 e. The number of carbonyl (C=O) groups is 1. The maximum atomic E-state index is 12.1. The molecule has 2 heterocycles. The maximum Gasteiger partial charge on any atom is 0.407 e. The highest BCUT2D eigenvalue weighted by Gasteiger charge is 2.30. The fourth-order valence-corrected chi connectivity index (χ4v) is 4.28. The van der Waals surface area contributed by atoms with Crippen LogP contribution in [-0.2, 0) is 9.47 Å². The summed E-state index contributed by atoms with van der Waals surface area (Å²) in [5.74, 6) is 1.27. The second kappa shape index (κ2) is 10.4. The fraction of sp³-hybridized carbons (Fsp3) is 0.667. The van der Waals surface area contributed by atoms with E-state index in [0.717, 1.165) is 51.5 Å². The second-order valence-corrected chi connectivity index (χ2v) is 9.61. The van der Waals surface area contributed by atoms with Gasteiger partial charge in [-0.3, -0.25) is 4.99 Å². The molecule has 1 aromatic rings. The van der Waals surface area contributed by atoms with E-state index in [2.05, 4.69) is 51.7 Å². The molecule has 172 valence electrons. The van der Waals surface area contributed by atoms with E-state index in [1.165, 1.54) is 11.1 Å². The molecule has 3 atom stereocenters. The lowest BCUT2D eigenvalue weighted by molar-refractivity contribution is -0.0266. The van der Waals surface area contributed by atoms with Crippen molar-refractivity contribution >= 4 is 12.1 Å². The summed E-state index contributed by atoms with van der Waals surface area (Å²) in [5.41, 5.74) is 2.02. The van der Waals surface area contributed by atoms with Crippen molar-refractivity contribution in [1.29, 1.82) is 0 Å². The van der Waals surface area contributed by atoms with E-state index in [0.29, 0.717) is 5.92 Å². The Kier molecular flexibility index (Phi) is 7.81. The number of carbonyl (C=O) groups excluding carboxylic acids is 1. The van der Waals surface area contributed by atoms with E-state index in [1.54, 1.807) is 0 Å². The van der Waals surface area contributed by atoms with Gasteiger partial charge in [-0.1, -0.05) is 29.8 Å². The molecule has 7 nitrogen and oxygen atoms in total. The average Bonchev–Trinajstić information content (AvgIpc) is 3.16. The van der Waals surface area contributed by atoms with Gasteiger partial charge in [0.2, 0.25) is 0 Å². The Hall–Kier alpha value is -2.28. The van der Waals surface area contributed by atoms with Crippen LogP contribution in [0, 0.1) is 12.8 Å². The monoisotopic (exact) mass is 430 g/mol. The van der Waals surface area contributed by atoms with E-state index in [4.69, 9.17) is 9.47 Å². The van der Waals surface area contributed by atoms with Crippen molar-refractivity contribution in [3.05, 3.63) is 35.4 Å². The van der Waals surface area contributed by atoms with Gasteiger partial charge in [-0.2, -0.15) is 0 Å². The number of likely N-dealkylation sites (tertiary alicyclic amines) is 1. The van der Waals surface area contributed by atoms with Gasteiger partial charge in [-0.15, -0.1) is 0 Å². The van der Waals surface area contributed by atoms with Crippen LogP contribution in [0.5, 0.6) is 0 Å². The van der Waals surface area contributed by atoms with Gasteiger partial charge in [0.05, 0.1) is 12.1 Å². The summed E-state index contributed by atoms with van der Waals surface area (Å²) in [6.07, 6.45) is 2.84. The summed E-state index contributed by atoms with van der Waals surface area (Å²) < 4.78 is 11.5. The van der Waals surface area contributed by atoms with E-state index >= 15 is 0 Å². The van der Waals surface area contributed by atoms with Crippen molar-refractivity contribution in [1.82, 2.24) is 15.5 Å². The van der Waals surface area contributed by atoms with Crippen molar-refractivity contribution in [2.45, 2.75) is 64.7 Å². The molecule has 2 N–H and O–H groups in total. The molecule has 2 aliphatic rings. The molecule has 0 saturated carbocycles. The predicted octanol–water partition coefficient (Wildman–Crippen LogP) is 3.64. The summed E-state index contributed by atoms with van der Waals surface area (Å²) in [7, 11) is 1.81. The van der Waals surface area contributed by atoms with Gasteiger partial charge in [0.25, 0.3) is 0 Å². The number of aliphatic imine (C=N–C) groups is 1. The number of hydrogen-bond acceptors (Lipinski definition) is 4.